The van der Waals surface area contributed by atoms with E-state index < -0.39 is 0 Å². The quantitative estimate of drug-likeness (QED) is 0.685. The summed E-state index contributed by atoms with van der Waals surface area (Å²) in [7, 11) is 0. The number of aryl methyl sites for hydroxylation is 4. The van der Waals surface area contributed by atoms with Gasteiger partial charge in [0.25, 0.3) is 0 Å². The first-order valence-electron chi connectivity index (χ1n) is 9.64. The van der Waals surface area contributed by atoms with Crippen molar-refractivity contribution in [2.75, 3.05) is 18.4 Å². The molecule has 0 saturated carbocycles. The zero-order valence-corrected chi connectivity index (χ0v) is 17.8. The van der Waals surface area contributed by atoms with E-state index in [0.29, 0.717) is 17.9 Å². The van der Waals surface area contributed by atoms with E-state index >= 15 is 0 Å². The number of anilines is 2. The summed E-state index contributed by atoms with van der Waals surface area (Å²) in [5.74, 6) is 0.265. The van der Waals surface area contributed by atoms with Crippen LogP contribution in [0.4, 0.5) is 10.8 Å². The van der Waals surface area contributed by atoms with E-state index in [4.69, 9.17) is 9.61 Å². The highest BCUT2D eigenvalue weighted by molar-refractivity contribution is 7.15. The van der Waals surface area contributed by atoms with Crippen molar-refractivity contribution in [3.63, 3.8) is 0 Å². The molecule has 0 aliphatic carbocycles. The van der Waals surface area contributed by atoms with Crippen LogP contribution in [0.5, 0.6) is 0 Å². The number of aromatic nitrogens is 4. The van der Waals surface area contributed by atoms with Crippen molar-refractivity contribution in [2.24, 2.45) is 0 Å². The summed E-state index contributed by atoms with van der Waals surface area (Å²) >= 11 is 1.65. The number of rotatable bonds is 5. The van der Waals surface area contributed by atoms with Crippen LogP contribution in [0, 0.1) is 27.7 Å². The summed E-state index contributed by atoms with van der Waals surface area (Å²) in [6.45, 7) is 9.25. The number of hydrogen-bond donors (Lipinski definition) is 1. The van der Waals surface area contributed by atoms with Gasteiger partial charge in [-0.25, -0.2) is 9.61 Å². The van der Waals surface area contributed by atoms with Gasteiger partial charge in [-0.3, -0.25) is 9.78 Å². The minimum absolute atomic E-state index is 0.0473. The molecule has 3 aromatic heterocycles. The van der Waals surface area contributed by atoms with Crippen LogP contribution in [0.1, 0.15) is 45.7 Å². The molecule has 3 aromatic rings. The highest BCUT2D eigenvalue weighted by Gasteiger charge is 2.29. The van der Waals surface area contributed by atoms with Gasteiger partial charge < -0.3 is 10.2 Å². The number of thiazole rings is 1. The van der Waals surface area contributed by atoms with Gasteiger partial charge in [0.1, 0.15) is 11.4 Å². The highest BCUT2D eigenvalue weighted by Crippen LogP contribution is 2.30. The van der Waals surface area contributed by atoms with E-state index in [0.717, 1.165) is 40.9 Å². The van der Waals surface area contributed by atoms with Crippen molar-refractivity contribution in [3.8, 4) is 0 Å². The van der Waals surface area contributed by atoms with Crippen LogP contribution in [0.2, 0.25) is 0 Å². The molecule has 0 aromatic carbocycles. The topological polar surface area (TPSA) is 97.0 Å². The Balaban J connectivity index is 1.45. The molecule has 0 unspecified atom stereocenters. The Hall–Kier alpha value is -2.81. The molecule has 1 aliphatic rings. The van der Waals surface area contributed by atoms with E-state index in [1.807, 2.05) is 24.8 Å². The monoisotopic (exact) mass is 412 g/mol. The van der Waals surface area contributed by atoms with Crippen LogP contribution in [-0.4, -0.2) is 44.2 Å². The standard InChI is InChI=1S/C20H24N6O2S/c1-11-7-16(23-20-22-12(2)14(4)29-20)8-18(21-11)15-5-6-26(10-15)19(27)9-17-13(3)24-28-25-17/h7-8,15H,5-6,9-10H2,1-4H3,(H,21,22,23)/t15-/m0/s1. The molecule has 4 heterocycles. The van der Waals surface area contributed by atoms with E-state index in [1.54, 1.807) is 18.3 Å². The van der Waals surface area contributed by atoms with Crippen molar-refractivity contribution in [1.82, 2.24) is 25.2 Å². The molecule has 29 heavy (non-hydrogen) atoms. The number of carbonyl (C=O) groups is 1. The van der Waals surface area contributed by atoms with Crippen LogP contribution in [0.3, 0.4) is 0 Å². The molecular weight excluding hydrogens is 388 g/mol. The molecule has 1 saturated heterocycles. The fourth-order valence-corrected chi connectivity index (χ4v) is 4.35. The molecule has 1 atom stereocenters. The van der Waals surface area contributed by atoms with E-state index in [-0.39, 0.29) is 18.2 Å². The lowest BCUT2D eigenvalue weighted by atomic mass is 10.0. The molecule has 0 spiro atoms. The number of amides is 1. The third kappa shape index (κ3) is 4.29. The summed E-state index contributed by atoms with van der Waals surface area (Å²) in [6.07, 6.45) is 1.12. The number of nitrogens with zero attached hydrogens (tertiary/aromatic N) is 5. The lowest BCUT2D eigenvalue weighted by Crippen LogP contribution is -2.30. The molecule has 8 nitrogen and oxygen atoms in total. The maximum Gasteiger partial charge on any atom is 0.228 e. The summed E-state index contributed by atoms with van der Waals surface area (Å²) in [5, 5.41) is 11.8. The van der Waals surface area contributed by atoms with Gasteiger partial charge in [0, 0.05) is 41.0 Å². The minimum Gasteiger partial charge on any atom is -0.342 e. The number of pyridine rings is 1. The van der Waals surface area contributed by atoms with Crippen molar-refractivity contribution in [2.45, 2.75) is 46.5 Å². The fourth-order valence-electron chi connectivity index (χ4n) is 3.52. The molecule has 1 fully saturated rings. The van der Waals surface area contributed by atoms with Crippen LogP contribution in [0.15, 0.2) is 16.8 Å². The second-order valence-electron chi connectivity index (χ2n) is 7.51. The minimum atomic E-state index is 0.0473. The lowest BCUT2D eigenvalue weighted by molar-refractivity contribution is -0.129. The van der Waals surface area contributed by atoms with Gasteiger partial charge in [-0.05, 0) is 46.2 Å². The van der Waals surface area contributed by atoms with Crippen LogP contribution >= 0.6 is 11.3 Å². The Labute approximate surface area is 173 Å². The molecule has 1 N–H and O–H groups in total. The maximum atomic E-state index is 12.6. The van der Waals surface area contributed by atoms with Crippen LogP contribution in [-0.2, 0) is 11.2 Å². The second-order valence-corrected chi connectivity index (χ2v) is 8.71. The number of likely N-dealkylation sites (tertiary alicyclic amines) is 1. The smallest absolute Gasteiger partial charge is 0.228 e. The largest absolute Gasteiger partial charge is 0.342 e. The Bertz CT molecular complexity index is 1020. The summed E-state index contributed by atoms with van der Waals surface area (Å²) in [4.78, 5) is 25.0. The SMILES string of the molecule is Cc1cc(Nc2nc(C)c(C)s2)cc([C@H]2CCN(C(=O)Cc3nonc3C)C2)n1. The van der Waals surface area contributed by atoms with E-state index in [1.165, 1.54) is 4.88 Å². The molecular formula is C20H24N6O2S. The van der Waals surface area contributed by atoms with Gasteiger partial charge in [-0.15, -0.1) is 11.3 Å². The first kappa shape index (κ1) is 19.5. The number of carbonyl (C=O) groups excluding carboxylic acids is 1. The van der Waals surface area contributed by atoms with E-state index in [9.17, 15) is 4.79 Å². The van der Waals surface area contributed by atoms with Gasteiger partial charge in [0.05, 0.1) is 12.1 Å². The van der Waals surface area contributed by atoms with Gasteiger partial charge >= 0.3 is 0 Å². The zero-order chi connectivity index (χ0) is 20.5. The third-order valence-corrected chi connectivity index (χ3v) is 6.27. The first-order chi connectivity index (χ1) is 13.9. The zero-order valence-electron chi connectivity index (χ0n) is 17.0. The number of hydrogen-bond acceptors (Lipinski definition) is 8. The normalized spacial score (nSPS) is 16.4. The van der Waals surface area contributed by atoms with Gasteiger partial charge in [-0.1, -0.05) is 10.3 Å². The summed E-state index contributed by atoms with van der Waals surface area (Å²) in [6, 6.07) is 4.09. The Morgan fingerprint density at radius 3 is 2.72 bits per heavy atom. The van der Waals surface area contributed by atoms with Crippen LogP contribution < -0.4 is 5.32 Å². The average molecular weight is 413 g/mol. The average Bonchev–Trinajstić information content (AvgIpc) is 3.37. The third-order valence-electron chi connectivity index (χ3n) is 5.28. The molecule has 152 valence electrons. The molecule has 9 heteroatoms. The first-order valence-corrected chi connectivity index (χ1v) is 10.5. The van der Waals surface area contributed by atoms with Crippen molar-refractivity contribution in [3.05, 3.63) is 45.5 Å². The molecule has 0 bridgehead atoms. The lowest BCUT2D eigenvalue weighted by Gasteiger charge is -2.16. The Morgan fingerprint density at radius 1 is 1.21 bits per heavy atom. The molecule has 4 rings (SSSR count). The molecule has 0 radical (unpaired) electrons. The van der Waals surface area contributed by atoms with Gasteiger partial charge in [0.15, 0.2) is 5.13 Å². The second kappa shape index (κ2) is 7.90. The van der Waals surface area contributed by atoms with Crippen LogP contribution in [0.25, 0.3) is 0 Å². The maximum absolute atomic E-state index is 12.6. The van der Waals surface area contributed by atoms with Crippen molar-refractivity contribution >= 4 is 28.1 Å². The van der Waals surface area contributed by atoms with E-state index in [2.05, 4.69) is 33.6 Å². The van der Waals surface area contributed by atoms with Crippen molar-refractivity contribution in [1.29, 1.82) is 0 Å². The predicted molar refractivity (Wildman–Crippen MR) is 111 cm³/mol. The molecule has 1 aliphatic heterocycles. The van der Waals surface area contributed by atoms with Crippen molar-refractivity contribution < 1.29 is 9.42 Å². The number of nitrogens with one attached hydrogen (secondary N) is 1. The summed E-state index contributed by atoms with van der Waals surface area (Å²) < 4.78 is 4.69. The van der Waals surface area contributed by atoms with Gasteiger partial charge in [0.2, 0.25) is 5.91 Å². The highest BCUT2D eigenvalue weighted by atomic mass is 32.1. The molecule has 1 amide bonds. The summed E-state index contributed by atoms with van der Waals surface area (Å²) in [5.41, 5.74) is 5.25. The predicted octanol–water partition coefficient (Wildman–Crippen LogP) is 3.46. The Kier molecular flexibility index (Phi) is 5.31. The fraction of sp³-hybridized carbons (Fsp3) is 0.450. The Morgan fingerprint density at radius 2 is 2.03 bits per heavy atom. The van der Waals surface area contributed by atoms with Gasteiger partial charge in [-0.2, -0.15) is 0 Å².